The summed E-state index contributed by atoms with van der Waals surface area (Å²) in [4.78, 5) is 10.1. The SMILES string of the molecule is C=CCC[C@@H](N)c1cc([N+](=O)[O-])ccc1Cl. The van der Waals surface area contributed by atoms with Crippen molar-refractivity contribution in [2.75, 3.05) is 0 Å². The van der Waals surface area contributed by atoms with Gasteiger partial charge in [0.15, 0.2) is 0 Å². The van der Waals surface area contributed by atoms with E-state index < -0.39 is 4.92 Å². The molecule has 0 bridgehead atoms. The molecule has 0 aliphatic carbocycles. The van der Waals surface area contributed by atoms with E-state index in [9.17, 15) is 10.1 Å². The Morgan fingerprint density at radius 1 is 1.62 bits per heavy atom. The third kappa shape index (κ3) is 3.05. The monoisotopic (exact) mass is 240 g/mol. The molecule has 0 aliphatic rings. The summed E-state index contributed by atoms with van der Waals surface area (Å²) < 4.78 is 0. The third-order valence-electron chi connectivity index (χ3n) is 2.27. The zero-order valence-corrected chi connectivity index (χ0v) is 9.48. The molecule has 0 aromatic heterocycles. The maximum atomic E-state index is 10.6. The average Bonchev–Trinajstić information content (AvgIpc) is 2.26. The maximum Gasteiger partial charge on any atom is 0.269 e. The molecule has 1 atom stereocenters. The predicted octanol–water partition coefficient (Wildman–Crippen LogP) is 3.21. The highest BCUT2D eigenvalue weighted by Crippen LogP contribution is 2.28. The van der Waals surface area contributed by atoms with Crippen molar-refractivity contribution in [3.8, 4) is 0 Å². The van der Waals surface area contributed by atoms with Gasteiger partial charge in [-0.1, -0.05) is 17.7 Å². The first-order valence-corrected chi connectivity index (χ1v) is 5.24. The normalized spacial score (nSPS) is 12.1. The van der Waals surface area contributed by atoms with E-state index in [0.29, 0.717) is 17.0 Å². The highest BCUT2D eigenvalue weighted by atomic mass is 35.5. The molecule has 0 fully saturated rings. The molecule has 0 amide bonds. The second-order valence-corrected chi connectivity index (χ2v) is 3.84. The molecule has 2 N–H and O–H groups in total. The highest BCUT2D eigenvalue weighted by Gasteiger charge is 2.14. The summed E-state index contributed by atoms with van der Waals surface area (Å²) in [6.07, 6.45) is 3.18. The van der Waals surface area contributed by atoms with E-state index in [2.05, 4.69) is 6.58 Å². The highest BCUT2D eigenvalue weighted by molar-refractivity contribution is 6.31. The van der Waals surface area contributed by atoms with Gasteiger partial charge in [0.1, 0.15) is 0 Å². The van der Waals surface area contributed by atoms with Crippen LogP contribution in [0.2, 0.25) is 5.02 Å². The average molecular weight is 241 g/mol. The molecule has 0 aliphatic heterocycles. The van der Waals surface area contributed by atoms with Gasteiger partial charge in [0.2, 0.25) is 0 Å². The predicted molar refractivity (Wildman–Crippen MR) is 64.5 cm³/mol. The zero-order valence-electron chi connectivity index (χ0n) is 8.73. The van der Waals surface area contributed by atoms with Crippen LogP contribution < -0.4 is 5.73 Å². The van der Waals surface area contributed by atoms with Gasteiger partial charge in [-0.05, 0) is 24.5 Å². The van der Waals surface area contributed by atoms with E-state index in [1.807, 2.05) is 0 Å². The Bertz CT molecular complexity index is 407. The quantitative estimate of drug-likeness (QED) is 0.488. The van der Waals surface area contributed by atoms with E-state index in [1.54, 1.807) is 6.08 Å². The zero-order chi connectivity index (χ0) is 12.1. The lowest BCUT2D eigenvalue weighted by atomic mass is 10.0. The van der Waals surface area contributed by atoms with Gasteiger partial charge in [0.05, 0.1) is 4.92 Å². The fourth-order valence-corrected chi connectivity index (χ4v) is 1.64. The van der Waals surface area contributed by atoms with Crippen molar-refractivity contribution in [2.24, 2.45) is 5.73 Å². The number of benzene rings is 1. The number of hydrogen-bond donors (Lipinski definition) is 1. The molecule has 4 nitrogen and oxygen atoms in total. The molecule has 0 unspecified atom stereocenters. The van der Waals surface area contributed by atoms with Crippen molar-refractivity contribution in [3.63, 3.8) is 0 Å². The Kier molecular flexibility index (Phi) is 4.46. The standard InChI is InChI=1S/C11H13ClN2O2/c1-2-3-4-11(13)9-7-8(14(15)16)5-6-10(9)12/h2,5-7,11H,1,3-4,13H2/t11-/m1/s1. The van der Waals surface area contributed by atoms with E-state index in [1.165, 1.54) is 18.2 Å². The number of non-ortho nitro benzene ring substituents is 1. The first kappa shape index (κ1) is 12.7. The van der Waals surface area contributed by atoms with Gasteiger partial charge in [-0.15, -0.1) is 6.58 Å². The van der Waals surface area contributed by atoms with Crippen LogP contribution in [0.1, 0.15) is 24.4 Å². The Labute approximate surface area is 98.9 Å². The van der Waals surface area contributed by atoms with Crippen LogP contribution in [0.25, 0.3) is 0 Å². The molecule has 0 radical (unpaired) electrons. The summed E-state index contributed by atoms with van der Waals surface area (Å²) in [5.74, 6) is 0. The van der Waals surface area contributed by atoms with Gasteiger partial charge in [0, 0.05) is 23.2 Å². The maximum absolute atomic E-state index is 10.6. The van der Waals surface area contributed by atoms with Crippen LogP contribution in [0.5, 0.6) is 0 Å². The van der Waals surface area contributed by atoms with Crippen LogP contribution in [0.3, 0.4) is 0 Å². The van der Waals surface area contributed by atoms with Crippen molar-refractivity contribution < 1.29 is 4.92 Å². The number of nitro benzene ring substituents is 1. The molecule has 1 rings (SSSR count). The first-order valence-electron chi connectivity index (χ1n) is 4.86. The van der Waals surface area contributed by atoms with Crippen LogP contribution in [0.4, 0.5) is 5.69 Å². The van der Waals surface area contributed by atoms with Crippen LogP contribution >= 0.6 is 11.6 Å². The molecular weight excluding hydrogens is 228 g/mol. The topological polar surface area (TPSA) is 69.2 Å². The minimum atomic E-state index is -0.458. The number of hydrogen-bond acceptors (Lipinski definition) is 3. The lowest BCUT2D eigenvalue weighted by Gasteiger charge is -2.12. The van der Waals surface area contributed by atoms with Gasteiger partial charge >= 0.3 is 0 Å². The molecule has 16 heavy (non-hydrogen) atoms. The molecule has 0 heterocycles. The molecule has 1 aromatic rings. The van der Waals surface area contributed by atoms with Crippen molar-refractivity contribution >= 4 is 17.3 Å². The molecule has 5 heteroatoms. The lowest BCUT2D eigenvalue weighted by Crippen LogP contribution is -2.10. The summed E-state index contributed by atoms with van der Waals surface area (Å²) in [6, 6.07) is 4.00. The smallest absolute Gasteiger partial charge is 0.269 e. The van der Waals surface area contributed by atoms with Crippen molar-refractivity contribution in [1.29, 1.82) is 0 Å². The summed E-state index contributed by atoms with van der Waals surface area (Å²) in [5.41, 5.74) is 6.51. The van der Waals surface area contributed by atoms with Crippen LogP contribution in [-0.2, 0) is 0 Å². The van der Waals surface area contributed by atoms with Gasteiger partial charge in [-0.2, -0.15) is 0 Å². The lowest BCUT2D eigenvalue weighted by molar-refractivity contribution is -0.384. The van der Waals surface area contributed by atoms with Gasteiger partial charge in [-0.3, -0.25) is 10.1 Å². The van der Waals surface area contributed by atoms with E-state index in [0.717, 1.165) is 6.42 Å². The van der Waals surface area contributed by atoms with E-state index in [-0.39, 0.29) is 11.7 Å². The van der Waals surface area contributed by atoms with Gasteiger partial charge < -0.3 is 5.73 Å². The number of nitrogens with zero attached hydrogens (tertiary/aromatic N) is 1. The largest absolute Gasteiger partial charge is 0.324 e. The number of nitro groups is 1. The van der Waals surface area contributed by atoms with Crippen LogP contribution in [0, 0.1) is 10.1 Å². The first-order chi connectivity index (χ1) is 7.56. The Morgan fingerprint density at radius 2 is 2.31 bits per heavy atom. The summed E-state index contributed by atoms with van der Waals surface area (Å²) in [6.45, 7) is 3.60. The second kappa shape index (κ2) is 5.63. The van der Waals surface area contributed by atoms with Crippen molar-refractivity contribution in [3.05, 3.63) is 51.6 Å². The minimum Gasteiger partial charge on any atom is -0.324 e. The number of allylic oxidation sites excluding steroid dienone is 1. The Hall–Kier alpha value is -1.39. The molecular formula is C11H13ClN2O2. The molecule has 0 saturated heterocycles. The summed E-state index contributed by atoms with van der Waals surface area (Å²) in [5, 5.41) is 11.1. The second-order valence-electron chi connectivity index (χ2n) is 3.44. The number of nitrogens with two attached hydrogens (primary N) is 1. The van der Waals surface area contributed by atoms with Crippen LogP contribution in [-0.4, -0.2) is 4.92 Å². The fourth-order valence-electron chi connectivity index (χ4n) is 1.38. The minimum absolute atomic E-state index is 0.00783. The molecule has 86 valence electrons. The number of halogens is 1. The van der Waals surface area contributed by atoms with Crippen LogP contribution in [0.15, 0.2) is 30.9 Å². The molecule has 0 spiro atoms. The summed E-state index contributed by atoms with van der Waals surface area (Å²) >= 11 is 5.95. The van der Waals surface area contributed by atoms with Crippen molar-refractivity contribution in [1.82, 2.24) is 0 Å². The van der Waals surface area contributed by atoms with Gasteiger partial charge in [-0.25, -0.2) is 0 Å². The number of rotatable bonds is 5. The van der Waals surface area contributed by atoms with Crippen molar-refractivity contribution in [2.45, 2.75) is 18.9 Å². The Balaban J connectivity index is 2.96. The molecule has 1 aromatic carbocycles. The van der Waals surface area contributed by atoms with Gasteiger partial charge in [0.25, 0.3) is 5.69 Å². The summed E-state index contributed by atoms with van der Waals surface area (Å²) in [7, 11) is 0. The molecule has 0 saturated carbocycles. The Morgan fingerprint density at radius 3 is 2.88 bits per heavy atom. The van der Waals surface area contributed by atoms with E-state index in [4.69, 9.17) is 17.3 Å². The van der Waals surface area contributed by atoms with E-state index >= 15 is 0 Å². The fraction of sp³-hybridized carbons (Fsp3) is 0.273. The third-order valence-corrected chi connectivity index (χ3v) is 2.62.